The molecule has 0 aliphatic carbocycles. The third kappa shape index (κ3) is 4.07. The Kier molecular flexibility index (Phi) is 5.14. The van der Waals surface area contributed by atoms with Crippen molar-refractivity contribution in [3.05, 3.63) is 65.4 Å². The largest absolute Gasteiger partial charge is 0.449 e. The number of carbonyl (C=O) groups excluding carboxylic acids is 2. The van der Waals surface area contributed by atoms with Gasteiger partial charge in [0.1, 0.15) is 0 Å². The zero-order valence-corrected chi connectivity index (χ0v) is 14.0. The second kappa shape index (κ2) is 7.66. The Bertz CT molecular complexity index is 810. The summed E-state index contributed by atoms with van der Waals surface area (Å²) in [4.78, 5) is 24.1. The zero-order chi connectivity index (χ0) is 17.6. The number of nitrogens with one attached hydrogen (secondary N) is 2. The molecule has 0 radical (unpaired) electrons. The Morgan fingerprint density at radius 1 is 1.16 bits per heavy atom. The highest BCUT2D eigenvalue weighted by Gasteiger charge is 2.21. The fourth-order valence-corrected chi connectivity index (χ4v) is 2.47. The summed E-state index contributed by atoms with van der Waals surface area (Å²) in [6.07, 6.45) is 3.66. The van der Waals surface area contributed by atoms with Gasteiger partial charge in [-0.25, -0.2) is 0 Å². The highest BCUT2D eigenvalue weighted by Crippen LogP contribution is 2.30. The molecule has 2 N–H and O–H groups in total. The molecular weight excluding hydrogens is 316 g/mol. The number of anilines is 1. The lowest BCUT2D eigenvalue weighted by molar-refractivity contribution is -0.115. The Hall–Kier alpha value is -3.08. The lowest BCUT2D eigenvalue weighted by Gasteiger charge is -2.19. The van der Waals surface area contributed by atoms with E-state index < -0.39 is 0 Å². The number of carbonyl (C=O) groups is 2. The van der Waals surface area contributed by atoms with E-state index in [1.54, 1.807) is 42.5 Å². The molecule has 2 aromatic rings. The average Bonchev–Trinajstić information content (AvgIpc) is 2.63. The van der Waals surface area contributed by atoms with Crippen LogP contribution < -0.4 is 15.4 Å². The van der Waals surface area contributed by atoms with Crippen molar-refractivity contribution in [3.63, 3.8) is 0 Å². The molecule has 0 saturated carbocycles. The quantitative estimate of drug-likeness (QED) is 0.648. The number of unbranched alkanes of at least 4 members (excludes halogenated alkanes) is 1. The minimum absolute atomic E-state index is 0.0896. The molecule has 1 aliphatic heterocycles. The van der Waals surface area contributed by atoms with Gasteiger partial charge in [-0.3, -0.25) is 9.59 Å². The van der Waals surface area contributed by atoms with Gasteiger partial charge in [0.15, 0.2) is 11.5 Å². The van der Waals surface area contributed by atoms with Crippen LogP contribution in [0, 0.1) is 0 Å². The highest BCUT2D eigenvalue weighted by molar-refractivity contribution is 6.08. The van der Waals surface area contributed by atoms with Gasteiger partial charge in [-0.15, -0.1) is 0 Å². The highest BCUT2D eigenvalue weighted by atomic mass is 16.5. The fraction of sp³-hybridized carbons (Fsp3) is 0.200. The number of hydrogen-bond acceptors (Lipinski definition) is 3. The first-order valence-corrected chi connectivity index (χ1v) is 8.35. The van der Waals surface area contributed by atoms with E-state index in [0.29, 0.717) is 23.5 Å². The summed E-state index contributed by atoms with van der Waals surface area (Å²) in [7, 11) is 0. The van der Waals surface area contributed by atoms with E-state index in [0.717, 1.165) is 18.4 Å². The third-order valence-electron chi connectivity index (χ3n) is 3.87. The number of amides is 2. The number of benzene rings is 2. The molecular formula is C20H20N2O3. The predicted octanol–water partition coefficient (Wildman–Crippen LogP) is 3.59. The fourth-order valence-electron chi connectivity index (χ4n) is 2.47. The Labute approximate surface area is 146 Å². The van der Waals surface area contributed by atoms with Crippen molar-refractivity contribution in [2.45, 2.75) is 19.8 Å². The van der Waals surface area contributed by atoms with Gasteiger partial charge >= 0.3 is 0 Å². The molecule has 0 atom stereocenters. The first-order chi connectivity index (χ1) is 12.2. The number of ether oxygens (including phenoxy) is 1. The average molecular weight is 336 g/mol. The lowest BCUT2D eigenvalue weighted by atomic mass is 10.1. The molecule has 3 rings (SSSR count). The van der Waals surface area contributed by atoms with Gasteiger partial charge in [-0.1, -0.05) is 37.6 Å². The first kappa shape index (κ1) is 16.8. The Morgan fingerprint density at radius 2 is 1.92 bits per heavy atom. The van der Waals surface area contributed by atoms with Crippen LogP contribution in [0.3, 0.4) is 0 Å². The summed E-state index contributed by atoms with van der Waals surface area (Å²) < 4.78 is 5.66. The molecule has 0 aromatic heterocycles. The van der Waals surface area contributed by atoms with Crippen LogP contribution in [0.5, 0.6) is 5.75 Å². The van der Waals surface area contributed by atoms with E-state index in [2.05, 4.69) is 17.6 Å². The van der Waals surface area contributed by atoms with E-state index >= 15 is 0 Å². The van der Waals surface area contributed by atoms with E-state index in [4.69, 9.17) is 4.74 Å². The maximum Gasteiger partial charge on any atom is 0.291 e. The van der Waals surface area contributed by atoms with Gasteiger partial charge in [0.25, 0.3) is 11.8 Å². The van der Waals surface area contributed by atoms with E-state index in [1.165, 1.54) is 0 Å². The topological polar surface area (TPSA) is 67.4 Å². The molecule has 25 heavy (non-hydrogen) atoms. The van der Waals surface area contributed by atoms with Crippen molar-refractivity contribution in [1.29, 1.82) is 0 Å². The maximum absolute atomic E-state index is 12.1. The van der Waals surface area contributed by atoms with E-state index in [1.807, 2.05) is 12.1 Å². The van der Waals surface area contributed by atoms with Gasteiger partial charge in [0.2, 0.25) is 0 Å². The van der Waals surface area contributed by atoms with Crippen molar-refractivity contribution < 1.29 is 14.3 Å². The molecule has 128 valence electrons. The SMILES string of the molecule is CCCCNC(=O)c1ccc(/C=C2\Oc3ccccc3NC2=O)cc1. The molecule has 2 amide bonds. The number of hydrogen-bond donors (Lipinski definition) is 2. The van der Waals surface area contributed by atoms with Crippen LogP contribution in [0.2, 0.25) is 0 Å². The molecule has 2 aromatic carbocycles. The molecule has 5 nitrogen and oxygen atoms in total. The van der Waals surface area contributed by atoms with E-state index in [9.17, 15) is 9.59 Å². The van der Waals surface area contributed by atoms with Crippen molar-refractivity contribution in [2.75, 3.05) is 11.9 Å². The minimum Gasteiger partial charge on any atom is -0.449 e. The lowest BCUT2D eigenvalue weighted by Crippen LogP contribution is -2.24. The van der Waals surface area contributed by atoms with Crippen molar-refractivity contribution in [3.8, 4) is 5.75 Å². The molecule has 0 saturated heterocycles. The molecule has 0 fully saturated rings. The van der Waals surface area contributed by atoms with Gasteiger partial charge in [0.05, 0.1) is 5.69 Å². The summed E-state index contributed by atoms with van der Waals surface area (Å²) in [6.45, 7) is 2.75. The Balaban J connectivity index is 1.72. The molecule has 0 bridgehead atoms. The first-order valence-electron chi connectivity index (χ1n) is 8.35. The molecule has 0 unspecified atom stereocenters. The second-order valence-electron chi connectivity index (χ2n) is 5.79. The van der Waals surface area contributed by atoms with E-state index in [-0.39, 0.29) is 17.6 Å². The standard InChI is InChI=1S/C20H20N2O3/c1-2-3-12-21-19(23)15-10-8-14(9-11-15)13-18-20(24)22-16-6-4-5-7-17(16)25-18/h4-11,13H,2-3,12H2,1H3,(H,21,23)(H,22,24)/b18-13-. The second-order valence-corrected chi connectivity index (χ2v) is 5.79. The zero-order valence-electron chi connectivity index (χ0n) is 14.0. The smallest absolute Gasteiger partial charge is 0.291 e. The van der Waals surface area contributed by atoms with Crippen molar-refractivity contribution >= 4 is 23.6 Å². The Morgan fingerprint density at radius 3 is 2.68 bits per heavy atom. The van der Waals surface area contributed by atoms with Crippen molar-refractivity contribution in [1.82, 2.24) is 5.32 Å². The van der Waals surface area contributed by atoms with Crippen LogP contribution in [-0.4, -0.2) is 18.4 Å². The number of para-hydroxylation sites is 2. The normalized spacial score (nSPS) is 14.4. The predicted molar refractivity (Wildman–Crippen MR) is 97.4 cm³/mol. The summed E-state index contributed by atoms with van der Waals surface area (Å²) in [5.74, 6) is 0.451. The van der Waals surface area contributed by atoms with Crippen LogP contribution in [0.15, 0.2) is 54.3 Å². The van der Waals surface area contributed by atoms with Gasteiger partial charge in [-0.2, -0.15) is 0 Å². The molecule has 1 aliphatic rings. The summed E-state index contributed by atoms with van der Waals surface area (Å²) in [5.41, 5.74) is 2.04. The van der Waals surface area contributed by atoms with Crippen LogP contribution in [0.1, 0.15) is 35.7 Å². The number of rotatable bonds is 5. The van der Waals surface area contributed by atoms with Crippen LogP contribution in [0.4, 0.5) is 5.69 Å². The molecule has 1 heterocycles. The molecule has 5 heteroatoms. The molecule has 0 spiro atoms. The summed E-state index contributed by atoms with van der Waals surface area (Å²) in [6, 6.07) is 14.3. The maximum atomic E-state index is 12.1. The van der Waals surface area contributed by atoms with Gasteiger partial charge in [0, 0.05) is 12.1 Å². The third-order valence-corrected chi connectivity index (χ3v) is 3.87. The minimum atomic E-state index is -0.292. The van der Waals surface area contributed by atoms with Crippen LogP contribution in [-0.2, 0) is 4.79 Å². The number of fused-ring (bicyclic) bond motifs is 1. The monoisotopic (exact) mass is 336 g/mol. The summed E-state index contributed by atoms with van der Waals surface area (Å²) in [5, 5.41) is 5.67. The summed E-state index contributed by atoms with van der Waals surface area (Å²) >= 11 is 0. The van der Waals surface area contributed by atoms with Crippen molar-refractivity contribution in [2.24, 2.45) is 0 Å². The van der Waals surface area contributed by atoms with Crippen LogP contribution in [0.25, 0.3) is 6.08 Å². The van der Waals surface area contributed by atoms with Gasteiger partial charge in [-0.05, 0) is 42.3 Å². The van der Waals surface area contributed by atoms with Gasteiger partial charge < -0.3 is 15.4 Å². The van der Waals surface area contributed by atoms with Crippen LogP contribution >= 0.6 is 0 Å².